The molecule has 0 aromatic heterocycles. The first-order valence-corrected chi connectivity index (χ1v) is 9.41. The van der Waals surface area contributed by atoms with Gasteiger partial charge in [0.15, 0.2) is 5.82 Å². The molecule has 10 heteroatoms. The number of nitro benzene ring substituents is 1. The minimum atomic E-state index is -0.615. The summed E-state index contributed by atoms with van der Waals surface area (Å²) in [4.78, 5) is 28.3. The molecule has 0 radical (unpaired) electrons. The van der Waals surface area contributed by atoms with Crippen molar-refractivity contribution in [3.8, 4) is 0 Å². The Balaban J connectivity index is 1.87. The summed E-state index contributed by atoms with van der Waals surface area (Å²) in [5.41, 5.74) is 0.430. The van der Waals surface area contributed by atoms with E-state index < -0.39 is 16.8 Å². The molecule has 0 N–H and O–H groups in total. The Labute approximate surface area is 162 Å². The number of halogens is 1. The molecule has 9 nitrogen and oxygen atoms in total. The molecule has 2 saturated heterocycles. The fourth-order valence-corrected chi connectivity index (χ4v) is 3.64. The molecule has 0 unspecified atom stereocenters. The van der Waals surface area contributed by atoms with Gasteiger partial charge < -0.3 is 24.2 Å². The van der Waals surface area contributed by atoms with Crippen LogP contribution in [0.15, 0.2) is 12.1 Å². The van der Waals surface area contributed by atoms with E-state index in [0.29, 0.717) is 57.3 Å². The first-order valence-electron chi connectivity index (χ1n) is 9.41. The van der Waals surface area contributed by atoms with Crippen molar-refractivity contribution in [1.29, 1.82) is 0 Å². The fourth-order valence-electron chi connectivity index (χ4n) is 3.64. The zero-order valence-corrected chi connectivity index (χ0v) is 16.1. The Morgan fingerprint density at radius 2 is 1.96 bits per heavy atom. The molecule has 3 rings (SSSR count). The summed E-state index contributed by atoms with van der Waals surface area (Å²) in [6.07, 6.45) is -0.391. The predicted molar refractivity (Wildman–Crippen MR) is 101 cm³/mol. The van der Waals surface area contributed by atoms with Crippen molar-refractivity contribution in [2.45, 2.75) is 19.9 Å². The molecule has 1 aromatic rings. The highest BCUT2D eigenvalue weighted by molar-refractivity contribution is 5.73. The van der Waals surface area contributed by atoms with Crippen LogP contribution in [-0.2, 0) is 9.47 Å². The van der Waals surface area contributed by atoms with Crippen molar-refractivity contribution in [3.63, 3.8) is 0 Å². The number of piperazine rings is 1. The predicted octanol–water partition coefficient (Wildman–Crippen LogP) is 2.24. The quantitative estimate of drug-likeness (QED) is 0.570. The smallest absolute Gasteiger partial charge is 0.410 e. The van der Waals surface area contributed by atoms with E-state index in [1.807, 2.05) is 16.7 Å². The zero-order chi connectivity index (χ0) is 20.3. The van der Waals surface area contributed by atoms with Crippen LogP contribution < -0.4 is 9.80 Å². The lowest BCUT2D eigenvalue weighted by Gasteiger charge is -2.40. The lowest BCUT2D eigenvalue weighted by Crippen LogP contribution is -2.54. The average molecular weight is 396 g/mol. The lowest BCUT2D eigenvalue weighted by molar-refractivity contribution is -0.384. The van der Waals surface area contributed by atoms with Crippen molar-refractivity contribution < 1.29 is 23.6 Å². The monoisotopic (exact) mass is 396 g/mol. The van der Waals surface area contributed by atoms with Gasteiger partial charge in [-0.15, -0.1) is 0 Å². The number of nitrogens with zero attached hydrogens (tertiary/aromatic N) is 4. The number of morpholine rings is 1. The van der Waals surface area contributed by atoms with Gasteiger partial charge in [0.1, 0.15) is 5.69 Å². The van der Waals surface area contributed by atoms with Gasteiger partial charge in [0.25, 0.3) is 5.69 Å². The van der Waals surface area contributed by atoms with E-state index in [0.717, 1.165) is 6.07 Å². The molecule has 0 aliphatic carbocycles. The minimum Gasteiger partial charge on any atom is -0.450 e. The number of hydrogen-bond donors (Lipinski definition) is 0. The molecular weight excluding hydrogens is 371 g/mol. The fraction of sp³-hybridized carbons (Fsp3) is 0.611. The summed E-state index contributed by atoms with van der Waals surface area (Å²) in [6.45, 7) is 7.10. The van der Waals surface area contributed by atoms with Crippen LogP contribution in [0, 0.1) is 15.9 Å². The van der Waals surface area contributed by atoms with Crippen molar-refractivity contribution >= 4 is 23.2 Å². The maximum absolute atomic E-state index is 14.6. The summed E-state index contributed by atoms with van der Waals surface area (Å²) < 4.78 is 25.0. The molecule has 1 atom stereocenters. The average Bonchev–Trinajstić information content (AvgIpc) is 2.68. The molecule has 0 spiro atoms. The second-order valence-corrected chi connectivity index (χ2v) is 6.84. The maximum atomic E-state index is 14.6. The van der Waals surface area contributed by atoms with Crippen molar-refractivity contribution in [2.24, 2.45) is 0 Å². The number of anilines is 2. The number of benzene rings is 1. The Morgan fingerprint density at radius 3 is 2.57 bits per heavy atom. The van der Waals surface area contributed by atoms with Crippen LogP contribution in [0.25, 0.3) is 0 Å². The number of ether oxygens (including phenoxy) is 2. The first-order chi connectivity index (χ1) is 13.4. The van der Waals surface area contributed by atoms with Gasteiger partial charge in [-0.05, 0) is 19.9 Å². The normalized spacial score (nSPS) is 20.2. The molecule has 0 bridgehead atoms. The zero-order valence-electron chi connectivity index (χ0n) is 16.1. The van der Waals surface area contributed by atoms with Crippen LogP contribution >= 0.6 is 0 Å². The van der Waals surface area contributed by atoms with Gasteiger partial charge >= 0.3 is 6.09 Å². The number of carbonyl (C=O) groups is 1. The van der Waals surface area contributed by atoms with E-state index in [2.05, 4.69) is 0 Å². The van der Waals surface area contributed by atoms with Crippen molar-refractivity contribution in [2.75, 3.05) is 62.3 Å². The summed E-state index contributed by atoms with van der Waals surface area (Å²) in [7, 11) is 0. The second kappa shape index (κ2) is 8.59. The Kier molecular flexibility index (Phi) is 6.18. The molecule has 2 heterocycles. The number of carbonyl (C=O) groups excluding carboxylic acids is 1. The van der Waals surface area contributed by atoms with Crippen molar-refractivity contribution in [1.82, 2.24) is 4.90 Å². The van der Waals surface area contributed by atoms with Crippen LogP contribution in [0.4, 0.5) is 26.2 Å². The minimum absolute atomic E-state index is 0.190. The third-order valence-corrected chi connectivity index (χ3v) is 5.06. The largest absolute Gasteiger partial charge is 0.450 e. The van der Waals surface area contributed by atoms with Gasteiger partial charge in [-0.3, -0.25) is 10.1 Å². The number of amides is 1. The summed E-state index contributed by atoms with van der Waals surface area (Å²) in [5, 5.41) is 11.5. The summed E-state index contributed by atoms with van der Waals surface area (Å²) in [5.74, 6) is -0.615. The highest BCUT2D eigenvalue weighted by Crippen LogP contribution is 2.36. The molecular formula is C18H25FN4O5. The summed E-state index contributed by atoms with van der Waals surface area (Å²) >= 11 is 0. The first kappa shape index (κ1) is 20.1. The summed E-state index contributed by atoms with van der Waals surface area (Å²) in [6, 6.07) is 2.35. The molecule has 1 aromatic carbocycles. The van der Waals surface area contributed by atoms with Gasteiger partial charge in [0.2, 0.25) is 0 Å². The lowest BCUT2D eigenvalue weighted by atomic mass is 10.1. The van der Waals surface area contributed by atoms with Gasteiger partial charge in [0, 0.05) is 38.8 Å². The Morgan fingerprint density at radius 1 is 1.25 bits per heavy atom. The van der Waals surface area contributed by atoms with E-state index in [1.54, 1.807) is 17.9 Å². The van der Waals surface area contributed by atoms with Crippen LogP contribution in [0.1, 0.15) is 13.8 Å². The van der Waals surface area contributed by atoms with E-state index in [9.17, 15) is 19.3 Å². The third kappa shape index (κ3) is 4.11. The van der Waals surface area contributed by atoms with Crippen LogP contribution in [0.5, 0.6) is 0 Å². The third-order valence-electron chi connectivity index (χ3n) is 5.06. The van der Waals surface area contributed by atoms with Crippen LogP contribution in [-0.4, -0.2) is 74.5 Å². The van der Waals surface area contributed by atoms with Crippen LogP contribution in [0.3, 0.4) is 0 Å². The topological polar surface area (TPSA) is 88.4 Å². The molecule has 2 fully saturated rings. The van der Waals surface area contributed by atoms with Gasteiger partial charge in [-0.25, -0.2) is 9.18 Å². The van der Waals surface area contributed by atoms with E-state index >= 15 is 0 Å². The van der Waals surface area contributed by atoms with Gasteiger partial charge in [-0.1, -0.05) is 0 Å². The highest BCUT2D eigenvalue weighted by Gasteiger charge is 2.32. The molecule has 28 heavy (non-hydrogen) atoms. The molecule has 2 aliphatic rings. The van der Waals surface area contributed by atoms with Crippen LogP contribution in [0.2, 0.25) is 0 Å². The van der Waals surface area contributed by atoms with E-state index in [4.69, 9.17) is 9.47 Å². The number of hydrogen-bond acceptors (Lipinski definition) is 7. The van der Waals surface area contributed by atoms with Gasteiger partial charge in [-0.2, -0.15) is 0 Å². The Bertz CT molecular complexity index is 741. The van der Waals surface area contributed by atoms with Gasteiger partial charge in [0.05, 0.1) is 36.5 Å². The molecule has 1 amide bonds. The number of rotatable bonds is 4. The number of nitro groups is 1. The highest BCUT2D eigenvalue weighted by atomic mass is 19.1. The van der Waals surface area contributed by atoms with E-state index in [1.165, 1.54) is 0 Å². The molecule has 2 aliphatic heterocycles. The van der Waals surface area contributed by atoms with Crippen molar-refractivity contribution in [3.05, 3.63) is 28.1 Å². The maximum Gasteiger partial charge on any atom is 0.410 e. The molecule has 0 saturated carbocycles. The Hall–Kier alpha value is -2.62. The standard InChI is InChI=1S/C18H25FN4O5/c1-3-28-18(24)22-5-4-21(12-13(22)2)16-11-15(20-6-8-27-9-7-20)14(19)10-17(16)23(25)26/h10-11,13H,3-9,12H2,1-2H3/t13-/m1/s1. The molecule has 154 valence electrons. The van der Waals surface area contributed by atoms with E-state index in [-0.39, 0.29) is 18.3 Å². The second-order valence-electron chi connectivity index (χ2n) is 6.84. The SMILES string of the molecule is CCOC(=O)N1CCN(c2cc(N3CCOCC3)c(F)cc2[N+](=O)[O-])C[C@H]1C.